The zero-order valence-corrected chi connectivity index (χ0v) is 13.3. The van der Waals surface area contributed by atoms with Crippen molar-refractivity contribution in [2.75, 3.05) is 7.11 Å². The highest BCUT2D eigenvalue weighted by atomic mass is 16.5. The van der Waals surface area contributed by atoms with E-state index in [0.29, 0.717) is 24.3 Å². The molecule has 23 heavy (non-hydrogen) atoms. The van der Waals surface area contributed by atoms with Gasteiger partial charge in [0, 0.05) is 12.1 Å². The number of methoxy groups -OCH3 is 1. The number of hydrogen-bond acceptors (Lipinski definition) is 5. The number of rotatable bonds is 5. The highest BCUT2D eigenvalue weighted by Crippen LogP contribution is 2.12. The quantitative estimate of drug-likeness (QED) is 0.800. The lowest BCUT2D eigenvalue weighted by Crippen LogP contribution is -2.42. The van der Waals surface area contributed by atoms with Gasteiger partial charge in [0.1, 0.15) is 5.75 Å². The number of carbonyl (C=O) groups excluding carboxylic acids is 2. The second-order valence-electron chi connectivity index (χ2n) is 4.69. The second kappa shape index (κ2) is 7.39. The molecule has 2 N–H and O–H groups in total. The van der Waals surface area contributed by atoms with Gasteiger partial charge >= 0.3 is 0 Å². The standard InChI is InChI=1S/C15H19N5O3/c1-4-12-13(16-19-20(12)5-2)15(22)18-17-14(21)10-7-6-8-11(9-10)23-3/h6-9H,4-5H2,1-3H3,(H,17,21)(H,18,22). The molecule has 0 radical (unpaired) electrons. The van der Waals surface area contributed by atoms with Crippen LogP contribution in [-0.2, 0) is 13.0 Å². The van der Waals surface area contributed by atoms with E-state index >= 15 is 0 Å². The molecule has 0 saturated carbocycles. The highest BCUT2D eigenvalue weighted by Gasteiger charge is 2.18. The molecule has 0 aliphatic carbocycles. The van der Waals surface area contributed by atoms with Crippen molar-refractivity contribution < 1.29 is 14.3 Å². The van der Waals surface area contributed by atoms with Crippen LogP contribution in [0.15, 0.2) is 24.3 Å². The average molecular weight is 317 g/mol. The van der Waals surface area contributed by atoms with Crippen molar-refractivity contribution >= 4 is 11.8 Å². The number of ether oxygens (including phenoxy) is 1. The second-order valence-corrected chi connectivity index (χ2v) is 4.69. The van der Waals surface area contributed by atoms with E-state index in [2.05, 4.69) is 21.2 Å². The SMILES string of the molecule is CCc1c(C(=O)NNC(=O)c2cccc(OC)c2)nnn1CC. The molecule has 8 nitrogen and oxygen atoms in total. The number of nitrogens with one attached hydrogen (secondary N) is 2. The lowest BCUT2D eigenvalue weighted by molar-refractivity contribution is 0.0843. The smallest absolute Gasteiger partial charge is 0.292 e. The first-order chi connectivity index (χ1) is 11.1. The molecule has 0 saturated heterocycles. The Bertz CT molecular complexity index is 711. The van der Waals surface area contributed by atoms with Gasteiger partial charge in [-0.05, 0) is 31.5 Å². The molecule has 2 amide bonds. The molecule has 1 heterocycles. The minimum absolute atomic E-state index is 0.209. The van der Waals surface area contributed by atoms with Gasteiger partial charge in [0.15, 0.2) is 5.69 Å². The number of aromatic nitrogens is 3. The molecular formula is C15H19N5O3. The van der Waals surface area contributed by atoms with Gasteiger partial charge in [-0.3, -0.25) is 20.4 Å². The summed E-state index contributed by atoms with van der Waals surface area (Å²) in [6.07, 6.45) is 0.618. The summed E-state index contributed by atoms with van der Waals surface area (Å²) < 4.78 is 6.71. The predicted octanol–water partition coefficient (Wildman–Crippen LogP) is 0.944. The van der Waals surface area contributed by atoms with Gasteiger partial charge in [0.2, 0.25) is 0 Å². The summed E-state index contributed by atoms with van der Waals surface area (Å²) >= 11 is 0. The predicted molar refractivity (Wildman–Crippen MR) is 83.0 cm³/mol. The van der Waals surface area contributed by atoms with Crippen LogP contribution >= 0.6 is 0 Å². The van der Waals surface area contributed by atoms with Crippen molar-refractivity contribution in [3.8, 4) is 5.75 Å². The van der Waals surface area contributed by atoms with Crippen molar-refractivity contribution in [2.24, 2.45) is 0 Å². The van der Waals surface area contributed by atoms with Crippen molar-refractivity contribution in [1.29, 1.82) is 0 Å². The zero-order valence-electron chi connectivity index (χ0n) is 13.3. The Morgan fingerprint density at radius 1 is 1.22 bits per heavy atom. The Morgan fingerprint density at radius 2 is 1.96 bits per heavy atom. The minimum Gasteiger partial charge on any atom is -0.497 e. The number of carbonyl (C=O) groups is 2. The molecule has 0 aliphatic rings. The van der Waals surface area contributed by atoms with Crippen LogP contribution in [-0.4, -0.2) is 33.9 Å². The van der Waals surface area contributed by atoms with Gasteiger partial charge in [0.25, 0.3) is 11.8 Å². The van der Waals surface area contributed by atoms with E-state index in [1.807, 2.05) is 13.8 Å². The molecule has 0 unspecified atom stereocenters. The van der Waals surface area contributed by atoms with Gasteiger partial charge in [-0.2, -0.15) is 0 Å². The maximum Gasteiger partial charge on any atom is 0.292 e. The third kappa shape index (κ3) is 3.65. The summed E-state index contributed by atoms with van der Waals surface area (Å²) in [6, 6.07) is 6.62. The maximum atomic E-state index is 12.1. The molecule has 2 rings (SSSR count). The summed E-state index contributed by atoms with van der Waals surface area (Å²) in [4.78, 5) is 24.2. The third-order valence-electron chi connectivity index (χ3n) is 3.31. The Morgan fingerprint density at radius 3 is 2.61 bits per heavy atom. The van der Waals surface area contributed by atoms with E-state index < -0.39 is 11.8 Å². The molecule has 1 aromatic heterocycles. The van der Waals surface area contributed by atoms with Gasteiger partial charge < -0.3 is 4.74 Å². The molecule has 1 aromatic carbocycles. The fourth-order valence-corrected chi connectivity index (χ4v) is 2.12. The van der Waals surface area contributed by atoms with Crippen molar-refractivity contribution in [3.05, 3.63) is 41.2 Å². The number of amides is 2. The van der Waals surface area contributed by atoms with Crippen LogP contribution in [0.2, 0.25) is 0 Å². The summed E-state index contributed by atoms with van der Waals surface area (Å²) in [7, 11) is 1.52. The number of hydrogen-bond donors (Lipinski definition) is 2. The summed E-state index contributed by atoms with van der Waals surface area (Å²) in [6.45, 7) is 4.45. The van der Waals surface area contributed by atoms with Crippen LogP contribution < -0.4 is 15.6 Å². The van der Waals surface area contributed by atoms with Crippen LogP contribution in [0.5, 0.6) is 5.75 Å². The summed E-state index contributed by atoms with van der Waals surface area (Å²) in [5.74, 6) is -0.390. The molecule has 8 heteroatoms. The van der Waals surface area contributed by atoms with E-state index in [-0.39, 0.29) is 5.69 Å². The molecule has 0 aliphatic heterocycles. The summed E-state index contributed by atoms with van der Waals surface area (Å²) in [5.41, 5.74) is 6.01. The molecular weight excluding hydrogens is 298 g/mol. The largest absolute Gasteiger partial charge is 0.497 e. The minimum atomic E-state index is -0.502. The van der Waals surface area contributed by atoms with Crippen LogP contribution in [0, 0.1) is 0 Å². The van der Waals surface area contributed by atoms with Crippen LogP contribution in [0.25, 0.3) is 0 Å². The number of aryl methyl sites for hydroxylation is 1. The maximum absolute atomic E-state index is 12.1. The number of benzene rings is 1. The monoisotopic (exact) mass is 317 g/mol. The lowest BCUT2D eigenvalue weighted by Gasteiger charge is -2.08. The van der Waals surface area contributed by atoms with Crippen molar-refractivity contribution in [2.45, 2.75) is 26.8 Å². The van der Waals surface area contributed by atoms with Gasteiger partial charge in [-0.1, -0.05) is 18.2 Å². The van der Waals surface area contributed by atoms with Crippen molar-refractivity contribution in [3.63, 3.8) is 0 Å². The highest BCUT2D eigenvalue weighted by molar-refractivity contribution is 5.98. The van der Waals surface area contributed by atoms with Crippen LogP contribution in [0.1, 0.15) is 40.4 Å². The molecule has 0 bridgehead atoms. The van der Waals surface area contributed by atoms with Gasteiger partial charge in [-0.25, -0.2) is 4.68 Å². The van der Waals surface area contributed by atoms with E-state index in [4.69, 9.17) is 4.74 Å². The van der Waals surface area contributed by atoms with Crippen LogP contribution in [0.4, 0.5) is 0 Å². The first-order valence-electron chi connectivity index (χ1n) is 7.27. The Labute approximate surface area is 133 Å². The normalized spacial score (nSPS) is 10.2. The van der Waals surface area contributed by atoms with E-state index in [0.717, 1.165) is 5.69 Å². The third-order valence-corrected chi connectivity index (χ3v) is 3.31. The topological polar surface area (TPSA) is 98.1 Å². The number of nitrogens with zero attached hydrogens (tertiary/aromatic N) is 3. The molecule has 0 spiro atoms. The van der Waals surface area contributed by atoms with E-state index in [1.165, 1.54) is 7.11 Å². The lowest BCUT2D eigenvalue weighted by atomic mass is 10.2. The molecule has 0 atom stereocenters. The van der Waals surface area contributed by atoms with Gasteiger partial charge in [0.05, 0.1) is 12.8 Å². The van der Waals surface area contributed by atoms with E-state index in [9.17, 15) is 9.59 Å². The Balaban J connectivity index is 2.04. The molecule has 2 aromatic rings. The molecule has 0 fully saturated rings. The fraction of sp³-hybridized carbons (Fsp3) is 0.333. The fourth-order valence-electron chi connectivity index (χ4n) is 2.12. The Kier molecular flexibility index (Phi) is 5.29. The first kappa shape index (κ1) is 16.5. The van der Waals surface area contributed by atoms with Gasteiger partial charge in [-0.15, -0.1) is 5.10 Å². The summed E-state index contributed by atoms with van der Waals surface area (Å²) in [5, 5.41) is 7.78. The number of hydrazine groups is 1. The average Bonchev–Trinajstić information content (AvgIpc) is 3.02. The van der Waals surface area contributed by atoms with Crippen molar-refractivity contribution in [1.82, 2.24) is 25.8 Å². The molecule has 122 valence electrons. The Hall–Kier alpha value is -2.90. The zero-order chi connectivity index (χ0) is 16.8. The first-order valence-corrected chi connectivity index (χ1v) is 7.27. The van der Waals surface area contributed by atoms with Crippen LogP contribution in [0.3, 0.4) is 0 Å². The van der Waals surface area contributed by atoms with E-state index in [1.54, 1.807) is 28.9 Å².